The van der Waals surface area contributed by atoms with Crippen LogP contribution in [0.25, 0.3) is 0 Å². The molecule has 1 aliphatic rings. The molecule has 0 aliphatic carbocycles. The van der Waals surface area contributed by atoms with Crippen molar-refractivity contribution >= 4 is 10.1 Å². The summed E-state index contributed by atoms with van der Waals surface area (Å²) >= 11 is 0. The van der Waals surface area contributed by atoms with Crippen LogP contribution in [0.5, 0.6) is 0 Å². The highest BCUT2D eigenvalue weighted by Gasteiger charge is 2.15. The first kappa shape index (κ1) is 9.91. The fourth-order valence-corrected chi connectivity index (χ4v) is 1.34. The summed E-state index contributed by atoms with van der Waals surface area (Å²) in [6.07, 6.45) is 1.04. The van der Waals surface area contributed by atoms with E-state index in [1.165, 1.54) is 0 Å². The van der Waals surface area contributed by atoms with Crippen molar-refractivity contribution in [1.82, 2.24) is 5.32 Å². The smallest absolute Gasteiger partial charge is 0.264 e. The van der Waals surface area contributed by atoms with Gasteiger partial charge in [0.15, 0.2) is 0 Å². The van der Waals surface area contributed by atoms with Gasteiger partial charge < -0.3 is 10.1 Å². The lowest BCUT2D eigenvalue weighted by Gasteiger charge is -2.22. The highest BCUT2D eigenvalue weighted by atomic mass is 32.2. The average molecular weight is 195 g/mol. The standard InChI is InChI=1S/C6H13NO4S/c1-12(8,9)11-5-6-4-10-3-2-7-6/h6-7H,2-5H2,1H3/t6-/m0/s1. The molecule has 0 bridgehead atoms. The van der Waals surface area contributed by atoms with Gasteiger partial charge in [0.05, 0.1) is 32.1 Å². The van der Waals surface area contributed by atoms with Gasteiger partial charge in [-0.25, -0.2) is 0 Å². The number of nitrogens with one attached hydrogen (secondary N) is 1. The van der Waals surface area contributed by atoms with Crippen molar-refractivity contribution in [2.45, 2.75) is 6.04 Å². The van der Waals surface area contributed by atoms with Gasteiger partial charge in [0.25, 0.3) is 10.1 Å². The van der Waals surface area contributed by atoms with Crippen LogP contribution in [0.2, 0.25) is 0 Å². The minimum Gasteiger partial charge on any atom is -0.378 e. The van der Waals surface area contributed by atoms with Crippen LogP contribution in [-0.2, 0) is 19.0 Å². The molecule has 0 radical (unpaired) electrons. The predicted molar refractivity (Wildman–Crippen MR) is 43.4 cm³/mol. The zero-order valence-electron chi connectivity index (χ0n) is 6.95. The molecule has 1 aliphatic heterocycles. The summed E-state index contributed by atoms with van der Waals surface area (Å²) < 4.78 is 30.9. The minimum atomic E-state index is -3.32. The number of hydrogen-bond acceptors (Lipinski definition) is 5. The third-order valence-corrected chi connectivity index (χ3v) is 2.05. The van der Waals surface area contributed by atoms with Crippen LogP contribution in [0.4, 0.5) is 0 Å². The maximum absolute atomic E-state index is 10.6. The Kier molecular flexibility index (Phi) is 3.45. The van der Waals surface area contributed by atoms with E-state index in [2.05, 4.69) is 9.50 Å². The van der Waals surface area contributed by atoms with E-state index in [1.807, 2.05) is 0 Å². The van der Waals surface area contributed by atoms with Gasteiger partial charge in [-0.3, -0.25) is 4.18 Å². The third kappa shape index (κ3) is 4.01. The molecule has 72 valence electrons. The van der Waals surface area contributed by atoms with Crippen molar-refractivity contribution in [2.75, 3.05) is 32.6 Å². The Morgan fingerprint density at radius 2 is 2.42 bits per heavy atom. The summed E-state index contributed by atoms with van der Waals surface area (Å²) in [5, 5.41) is 3.08. The summed E-state index contributed by atoms with van der Waals surface area (Å²) in [5.41, 5.74) is 0. The number of rotatable bonds is 3. The van der Waals surface area contributed by atoms with Gasteiger partial charge in [-0.05, 0) is 0 Å². The topological polar surface area (TPSA) is 64.6 Å². The number of morpholine rings is 1. The van der Waals surface area contributed by atoms with E-state index in [0.717, 1.165) is 12.8 Å². The van der Waals surface area contributed by atoms with Crippen molar-refractivity contribution in [3.63, 3.8) is 0 Å². The van der Waals surface area contributed by atoms with Crippen LogP contribution < -0.4 is 5.32 Å². The first-order valence-electron chi connectivity index (χ1n) is 3.73. The molecule has 1 fully saturated rings. The van der Waals surface area contributed by atoms with Crippen LogP contribution in [0.3, 0.4) is 0 Å². The van der Waals surface area contributed by atoms with E-state index in [9.17, 15) is 8.42 Å². The Hall–Kier alpha value is -0.170. The second kappa shape index (κ2) is 4.18. The maximum Gasteiger partial charge on any atom is 0.264 e. The monoisotopic (exact) mass is 195 g/mol. The summed E-state index contributed by atoms with van der Waals surface area (Å²) in [5.74, 6) is 0. The highest BCUT2D eigenvalue weighted by Crippen LogP contribution is 1.96. The molecule has 0 saturated carbocycles. The number of hydrogen-bond donors (Lipinski definition) is 1. The third-order valence-electron chi connectivity index (χ3n) is 1.48. The molecule has 1 atom stereocenters. The van der Waals surface area contributed by atoms with Gasteiger partial charge in [-0.1, -0.05) is 0 Å². The normalized spacial score (nSPS) is 25.6. The van der Waals surface area contributed by atoms with Gasteiger partial charge in [0.1, 0.15) is 0 Å². The van der Waals surface area contributed by atoms with E-state index in [-0.39, 0.29) is 12.6 Å². The lowest BCUT2D eigenvalue weighted by Crippen LogP contribution is -2.44. The Bertz CT molecular complexity index is 220. The zero-order valence-corrected chi connectivity index (χ0v) is 7.76. The van der Waals surface area contributed by atoms with Crippen LogP contribution in [-0.4, -0.2) is 47.1 Å². The van der Waals surface area contributed by atoms with Crippen molar-refractivity contribution in [1.29, 1.82) is 0 Å². The lowest BCUT2D eigenvalue weighted by molar-refractivity contribution is 0.0605. The average Bonchev–Trinajstić information content (AvgIpc) is 2.02. The van der Waals surface area contributed by atoms with Crippen LogP contribution in [0.1, 0.15) is 0 Å². The molecule has 1 rings (SSSR count). The molecule has 0 aromatic rings. The fraction of sp³-hybridized carbons (Fsp3) is 1.00. The molecule has 1 N–H and O–H groups in total. The molecule has 5 nitrogen and oxygen atoms in total. The van der Waals surface area contributed by atoms with Gasteiger partial charge in [0.2, 0.25) is 0 Å². The molecule has 1 heterocycles. The van der Waals surface area contributed by atoms with Crippen molar-refractivity contribution < 1.29 is 17.3 Å². The summed E-state index contributed by atoms with van der Waals surface area (Å²) in [7, 11) is -3.32. The molecule has 12 heavy (non-hydrogen) atoms. The second-order valence-corrected chi connectivity index (χ2v) is 4.36. The fourth-order valence-electron chi connectivity index (χ4n) is 0.933. The SMILES string of the molecule is CS(=O)(=O)OC[C@@H]1COCCN1. The molecule has 0 unspecified atom stereocenters. The van der Waals surface area contributed by atoms with E-state index in [4.69, 9.17) is 4.74 Å². The van der Waals surface area contributed by atoms with E-state index < -0.39 is 10.1 Å². The quantitative estimate of drug-likeness (QED) is 0.582. The molecule has 0 spiro atoms. The Labute approximate surface area is 72.2 Å². The van der Waals surface area contributed by atoms with Crippen LogP contribution >= 0.6 is 0 Å². The summed E-state index contributed by atoms with van der Waals surface area (Å²) in [4.78, 5) is 0. The molecule has 6 heteroatoms. The van der Waals surface area contributed by atoms with Crippen molar-refractivity contribution in [3.05, 3.63) is 0 Å². The Morgan fingerprint density at radius 3 is 2.92 bits per heavy atom. The second-order valence-electron chi connectivity index (χ2n) is 2.71. The summed E-state index contributed by atoms with van der Waals surface area (Å²) in [6.45, 7) is 2.08. The Morgan fingerprint density at radius 1 is 1.67 bits per heavy atom. The van der Waals surface area contributed by atoms with E-state index in [0.29, 0.717) is 13.2 Å². The Balaban J connectivity index is 2.22. The molecular formula is C6H13NO4S. The molecular weight excluding hydrogens is 182 g/mol. The van der Waals surface area contributed by atoms with Gasteiger partial charge in [-0.15, -0.1) is 0 Å². The highest BCUT2D eigenvalue weighted by molar-refractivity contribution is 7.85. The minimum absolute atomic E-state index is 0.00604. The van der Waals surface area contributed by atoms with Gasteiger partial charge in [0, 0.05) is 6.54 Å². The van der Waals surface area contributed by atoms with Gasteiger partial charge in [-0.2, -0.15) is 8.42 Å². The lowest BCUT2D eigenvalue weighted by atomic mass is 10.3. The van der Waals surface area contributed by atoms with E-state index in [1.54, 1.807) is 0 Å². The summed E-state index contributed by atoms with van der Waals surface area (Å²) in [6, 6.07) is -0.00604. The predicted octanol–water partition coefficient (Wildman–Crippen LogP) is -1.05. The first-order valence-corrected chi connectivity index (χ1v) is 5.55. The van der Waals surface area contributed by atoms with Crippen molar-refractivity contribution in [3.8, 4) is 0 Å². The molecule has 1 saturated heterocycles. The number of ether oxygens (including phenoxy) is 1. The van der Waals surface area contributed by atoms with Crippen LogP contribution in [0.15, 0.2) is 0 Å². The zero-order chi connectivity index (χ0) is 9.03. The molecule has 0 aromatic heterocycles. The van der Waals surface area contributed by atoms with Gasteiger partial charge >= 0.3 is 0 Å². The van der Waals surface area contributed by atoms with E-state index >= 15 is 0 Å². The van der Waals surface area contributed by atoms with Crippen LogP contribution in [0, 0.1) is 0 Å². The molecule has 0 aromatic carbocycles. The van der Waals surface area contributed by atoms with Crippen molar-refractivity contribution in [2.24, 2.45) is 0 Å². The first-order chi connectivity index (χ1) is 5.58. The molecule has 0 amide bonds. The largest absolute Gasteiger partial charge is 0.378 e. The maximum atomic E-state index is 10.6.